The average Bonchev–Trinajstić information content (AvgIpc) is 3.13. The molecule has 0 aliphatic rings. The van der Waals surface area contributed by atoms with Crippen molar-refractivity contribution >= 4 is 24.1 Å². The molecule has 3 aromatic rings. The van der Waals surface area contributed by atoms with Gasteiger partial charge in [0.1, 0.15) is 5.75 Å². The van der Waals surface area contributed by atoms with Gasteiger partial charge in [-0.3, -0.25) is 0 Å². The molecule has 0 radical (unpaired) electrons. The maximum Gasteiger partial charge on any atom is 0.216 e. The summed E-state index contributed by atoms with van der Waals surface area (Å²) in [5, 5.41) is 11.7. The standard InChI is InChI=1S/C22H27N5OS/c1-4-15-28-20-13-7-17(8-14-20)16-23-27-21(24-25-22(27)29)18-9-11-19(12-10-18)26(5-2)6-3/h7-14,16H,4-6,15H2,1-3H3,(H,25,29). The van der Waals surface area contributed by atoms with Gasteiger partial charge < -0.3 is 9.64 Å². The number of H-pyrrole nitrogens is 1. The van der Waals surface area contributed by atoms with Crippen LogP contribution in [0.5, 0.6) is 5.75 Å². The van der Waals surface area contributed by atoms with E-state index in [0.717, 1.165) is 36.4 Å². The Labute approximate surface area is 176 Å². The summed E-state index contributed by atoms with van der Waals surface area (Å²) in [5.74, 6) is 1.54. The Balaban J connectivity index is 1.81. The summed E-state index contributed by atoms with van der Waals surface area (Å²) in [6.45, 7) is 9.06. The number of rotatable bonds is 9. The molecule has 0 atom stereocenters. The first kappa shape index (κ1) is 20.8. The van der Waals surface area contributed by atoms with Crippen LogP contribution in [0.2, 0.25) is 0 Å². The summed E-state index contributed by atoms with van der Waals surface area (Å²) in [6.07, 6.45) is 2.75. The van der Waals surface area contributed by atoms with Crippen LogP contribution in [-0.2, 0) is 0 Å². The first-order chi connectivity index (χ1) is 14.2. The van der Waals surface area contributed by atoms with E-state index in [0.29, 0.717) is 17.2 Å². The zero-order chi connectivity index (χ0) is 20.6. The Morgan fingerprint density at radius 1 is 1.07 bits per heavy atom. The second-order valence-corrected chi connectivity index (χ2v) is 6.93. The minimum absolute atomic E-state index is 0.451. The lowest BCUT2D eigenvalue weighted by atomic mass is 10.2. The zero-order valence-electron chi connectivity index (χ0n) is 17.1. The number of nitrogens with one attached hydrogen (secondary N) is 1. The Morgan fingerprint density at radius 3 is 2.38 bits per heavy atom. The van der Waals surface area contributed by atoms with E-state index in [2.05, 4.69) is 53.1 Å². The van der Waals surface area contributed by atoms with Gasteiger partial charge in [-0.15, -0.1) is 0 Å². The number of anilines is 1. The number of nitrogens with zero attached hydrogens (tertiary/aromatic N) is 4. The van der Waals surface area contributed by atoms with Crippen molar-refractivity contribution in [2.75, 3.05) is 24.6 Å². The summed E-state index contributed by atoms with van der Waals surface area (Å²) in [5.41, 5.74) is 3.10. The van der Waals surface area contributed by atoms with Crippen molar-refractivity contribution in [3.05, 3.63) is 58.9 Å². The molecule has 2 aromatic carbocycles. The SMILES string of the molecule is CCCOc1ccc(C=Nn2c(-c3ccc(N(CC)CC)cc3)n[nH]c2=S)cc1. The summed E-state index contributed by atoms with van der Waals surface area (Å²) in [4.78, 5) is 2.30. The predicted octanol–water partition coefficient (Wildman–Crippen LogP) is 5.12. The summed E-state index contributed by atoms with van der Waals surface area (Å²) in [7, 11) is 0. The summed E-state index contributed by atoms with van der Waals surface area (Å²) < 4.78 is 7.71. The fourth-order valence-electron chi connectivity index (χ4n) is 2.99. The van der Waals surface area contributed by atoms with Crippen LogP contribution in [0.4, 0.5) is 5.69 Å². The van der Waals surface area contributed by atoms with Crippen LogP contribution in [-0.4, -0.2) is 40.8 Å². The number of ether oxygens (including phenoxy) is 1. The van der Waals surface area contributed by atoms with E-state index in [1.807, 2.05) is 36.4 Å². The quantitative estimate of drug-likeness (QED) is 0.393. The number of benzene rings is 2. The summed E-state index contributed by atoms with van der Waals surface area (Å²) in [6, 6.07) is 16.1. The first-order valence-electron chi connectivity index (χ1n) is 9.96. The van der Waals surface area contributed by atoms with Crippen LogP contribution in [0, 0.1) is 4.77 Å². The van der Waals surface area contributed by atoms with Crippen LogP contribution in [0.1, 0.15) is 32.8 Å². The third-order valence-electron chi connectivity index (χ3n) is 4.58. The first-order valence-corrected chi connectivity index (χ1v) is 10.4. The van der Waals surface area contributed by atoms with Crippen LogP contribution in [0.3, 0.4) is 0 Å². The molecule has 0 amide bonds. The highest BCUT2D eigenvalue weighted by Gasteiger charge is 2.09. The lowest BCUT2D eigenvalue weighted by Crippen LogP contribution is -2.21. The van der Waals surface area contributed by atoms with Crippen molar-refractivity contribution in [1.82, 2.24) is 14.9 Å². The lowest BCUT2D eigenvalue weighted by Gasteiger charge is -2.20. The fraction of sp³-hybridized carbons (Fsp3) is 0.318. The van der Waals surface area contributed by atoms with E-state index in [-0.39, 0.29) is 0 Å². The minimum atomic E-state index is 0.451. The molecule has 152 valence electrons. The summed E-state index contributed by atoms with van der Waals surface area (Å²) >= 11 is 5.36. The van der Waals surface area contributed by atoms with Crippen LogP contribution in [0.25, 0.3) is 11.4 Å². The molecule has 0 aliphatic carbocycles. The normalized spacial score (nSPS) is 11.1. The average molecular weight is 410 g/mol. The van der Waals surface area contributed by atoms with Gasteiger partial charge in [-0.05, 0) is 86.6 Å². The van der Waals surface area contributed by atoms with Gasteiger partial charge in [0.15, 0.2) is 5.82 Å². The van der Waals surface area contributed by atoms with Crippen LogP contribution < -0.4 is 9.64 Å². The third kappa shape index (κ3) is 5.12. The van der Waals surface area contributed by atoms with Gasteiger partial charge >= 0.3 is 0 Å². The van der Waals surface area contributed by atoms with E-state index >= 15 is 0 Å². The number of aromatic amines is 1. The van der Waals surface area contributed by atoms with Crippen molar-refractivity contribution in [3.63, 3.8) is 0 Å². The Kier molecular flexibility index (Phi) is 7.19. The molecule has 3 rings (SSSR count). The van der Waals surface area contributed by atoms with E-state index < -0.39 is 0 Å². The monoisotopic (exact) mass is 409 g/mol. The van der Waals surface area contributed by atoms with Gasteiger partial charge in [-0.25, -0.2) is 5.10 Å². The van der Waals surface area contributed by atoms with Gasteiger partial charge in [0.25, 0.3) is 0 Å². The van der Waals surface area contributed by atoms with Crippen LogP contribution in [0.15, 0.2) is 53.6 Å². The van der Waals surface area contributed by atoms with Crippen molar-refractivity contribution in [2.24, 2.45) is 5.10 Å². The van der Waals surface area contributed by atoms with Crippen molar-refractivity contribution < 1.29 is 4.74 Å². The maximum absolute atomic E-state index is 5.61. The van der Waals surface area contributed by atoms with Gasteiger partial charge in [0, 0.05) is 24.3 Å². The zero-order valence-corrected chi connectivity index (χ0v) is 17.9. The molecular weight excluding hydrogens is 382 g/mol. The van der Waals surface area contributed by atoms with Crippen molar-refractivity contribution in [1.29, 1.82) is 0 Å². The Bertz CT molecular complexity index is 985. The molecule has 0 spiro atoms. The fourth-order valence-corrected chi connectivity index (χ4v) is 3.17. The van der Waals surface area contributed by atoms with E-state index in [1.165, 1.54) is 5.69 Å². The molecule has 1 aromatic heterocycles. The second-order valence-electron chi connectivity index (χ2n) is 6.55. The molecule has 0 bridgehead atoms. The predicted molar refractivity (Wildman–Crippen MR) is 122 cm³/mol. The lowest BCUT2D eigenvalue weighted by molar-refractivity contribution is 0.317. The van der Waals surface area contributed by atoms with Crippen molar-refractivity contribution in [2.45, 2.75) is 27.2 Å². The molecule has 7 heteroatoms. The Morgan fingerprint density at radius 2 is 1.76 bits per heavy atom. The molecule has 1 N–H and O–H groups in total. The highest BCUT2D eigenvalue weighted by atomic mass is 32.1. The largest absolute Gasteiger partial charge is 0.494 e. The second kappa shape index (κ2) is 10.0. The minimum Gasteiger partial charge on any atom is -0.494 e. The molecule has 0 saturated carbocycles. The van der Waals surface area contributed by atoms with E-state index in [4.69, 9.17) is 17.0 Å². The number of hydrogen-bond acceptors (Lipinski definition) is 5. The molecule has 0 unspecified atom stereocenters. The molecule has 0 aliphatic heterocycles. The highest BCUT2D eigenvalue weighted by molar-refractivity contribution is 7.71. The third-order valence-corrected chi connectivity index (χ3v) is 4.84. The molecule has 0 fully saturated rings. The van der Waals surface area contributed by atoms with Crippen LogP contribution >= 0.6 is 12.2 Å². The van der Waals surface area contributed by atoms with Gasteiger partial charge in [-0.2, -0.15) is 14.9 Å². The van der Waals surface area contributed by atoms with E-state index in [9.17, 15) is 0 Å². The van der Waals surface area contributed by atoms with Gasteiger partial charge in [0.2, 0.25) is 4.77 Å². The topological polar surface area (TPSA) is 58.4 Å². The molecule has 29 heavy (non-hydrogen) atoms. The highest BCUT2D eigenvalue weighted by Crippen LogP contribution is 2.22. The maximum atomic E-state index is 5.61. The molecule has 1 heterocycles. The molecule has 6 nitrogen and oxygen atoms in total. The molecular formula is C22H27N5OS. The van der Waals surface area contributed by atoms with Gasteiger partial charge in [0.05, 0.1) is 12.8 Å². The molecule has 0 saturated heterocycles. The van der Waals surface area contributed by atoms with E-state index in [1.54, 1.807) is 10.9 Å². The van der Waals surface area contributed by atoms with Gasteiger partial charge in [-0.1, -0.05) is 6.92 Å². The van der Waals surface area contributed by atoms with Crippen molar-refractivity contribution in [3.8, 4) is 17.1 Å². The Hall–Kier alpha value is -2.93. The number of hydrogen-bond donors (Lipinski definition) is 1. The smallest absolute Gasteiger partial charge is 0.216 e. The number of aromatic nitrogens is 3.